The molecule has 0 radical (unpaired) electrons. The Labute approximate surface area is 172 Å². The van der Waals surface area contributed by atoms with E-state index in [-0.39, 0.29) is 22.8 Å². The summed E-state index contributed by atoms with van der Waals surface area (Å²) in [6.45, 7) is 26.1. The molecule has 0 bridgehead atoms. The summed E-state index contributed by atoms with van der Waals surface area (Å²) in [4.78, 5) is 0. The molecule has 0 unspecified atom stereocenters. The number of hydrogen-bond acceptors (Lipinski definition) is 3. The minimum atomic E-state index is -1.78. The van der Waals surface area contributed by atoms with Gasteiger partial charge in [-0.1, -0.05) is 61.8 Å². The Kier molecular flexibility index (Phi) is 8.84. The van der Waals surface area contributed by atoms with Gasteiger partial charge in [0.2, 0.25) is 0 Å². The van der Waals surface area contributed by atoms with E-state index in [4.69, 9.17) is 13.6 Å². The van der Waals surface area contributed by atoms with Crippen LogP contribution in [0.25, 0.3) is 0 Å². The number of ether oxygens (including phenoxy) is 1. The zero-order valence-corrected chi connectivity index (χ0v) is 22.2. The molecule has 1 heterocycles. The van der Waals surface area contributed by atoms with Crippen LogP contribution in [0.1, 0.15) is 75.2 Å². The number of hydrogen-bond donors (Lipinski definition) is 0. The van der Waals surface area contributed by atoms with Gasteiger partial charge in [0.05, 0.1) is 18.8 Å². The lowest BCUT2D eigenvalue weighted by Crippen LogP contribution is -2.46. The molecule has 0 spiro atoms. The van der Waals surface area contributed by atoms with Crippen LogP contribution in [0.15, 0.2) is 0 Å². The molecule has 0 amide bonds. The molecule has 1 aliphatic rings. The van der Waals surface area contributed by atoms with E-state index in [1.807, 2.05) is 0 Å². The maximum Gasteiger partial charge on any atom is 0.192 e. The standard InChI is InChI=1S/C22H48O3Si2/c1-12-16-19(25-26(10,11)21(6,7)8)18(5)20-22(9,24-20)17-23-27(13-2,14-3)15-4/h18-20H,12-17H2,1-11H3/t18-,19+,20-,22-/m0/s1. The van der Waals surface area contributed by atoms with Crippen molar-refractivity contribution in [3.05, 3.63) is 0 Å². The van der Waals surface area contributed by atoms with Gasteiger partial charge in [-0.05, 0) is 49.6 Å². The summed E-state index contributed by atoms with van der Waals surface area (Å²) in [5.41, 5.74) is -0.125. The molecule has 4 atom stereocenters. The van der Waals surface area contributed by atoms with Crippen LogP contribution in [0.4, 0.5) is 0 Å². The minimum absolute atomic E-state index is 0.125. The van der Waals surface area contributed by atoms with Crippen molar-refractivity contribution in [3.63, 3.8) is 0 Å². The normalized spacial score (nSPS) is 26.1. The second-order valence-corrected chi connectivity index (χ2v) is 20.0. The highest BCUT2D eigenvalue weighted by Crippen LogP contribution is 2.46. The summed E-state index contributed by atoms with van der Waals surface area (Å²) in [6, 6.07) is 3.59. The highest BCUT2D eigenvalue weighted by molar-refractivity contribution is 6.74. The lowest BCUT2D eigenvalue weighted by molar-refractivity contribution is 0.0987. The van der Waals surface area contributed by atoms with Crippen LogP contribution in [0.3, 0.4) is 0 Å². The minimum Gasteiger partial charge on any atom is -0.414 e. The van der Waals surface area contributed by atoms with E-state index >= 15 is 0 Å². The monoisotopic (exact) mass is 416 g/mol. The molecule has 5 heteroatoms. The van der Waals surface area contributed by atoms with E-state index < -0.39 is 16.6 Å². The Morgan fingerprint density at radius 3 is 1.96 bits per heavy atom. The van der Waals surface area contributed by atoms with Gasteiger partial charge >= 0.3 is 0 Å². The maximum absolute atomic E-state index is 6.83. The molecular formula is C22H48O3Si2. The van der Waals surface area contributed by atoms with Crippen molar-refractivity contribution in [1.29, 1.82) is 0 Å². The van der Waals surface area contributed by atoms with Gasteiger partial charge < -0.3 is 13.6 Å². The largest absolute Gasteiger partial charge is 0.414 e. The van der Waals surface area contributed by atoms with Crippen molar-refractivity contribution in [2.24, 2.45) is 5.92 Å². The van der Waals surface area contributed by atoms with Crippen molar-refractivity contribution in [1.82, 2.24) is 0 Å². The van der Waals surface area contributed by atoms with Crippen LogP contribution >= 0.6 is 0 Å². The summed E-state index contributed by atoms with van der Waals surface area (Å²) >= 11 is 0. The Balaban J connectivity index is 2.77. The van der Waals surface area contributed by atoms with Crippen molar-refractivity contribution < 1.29 is 13.6 Å². The average molecular weight is 417 g/mol. The highest BCUT2D eigenvalue weighted by atomic mass is 28.4. The fourth-order valence-corrected chi connectivity index (χ4v) is 8.00. The second-order valence-electron chi connectivity index (χ2n) is 10.4. The first-order valence-corrected chi connectivity index (χ1v) is 16.7. The molecule has 0 aromatic carbocycles. The lowest BCUT2D eigenvalue weighted by atomic mass is 9.91. The molecule has 0 aromatic heterocycles. The molecule has 0 N–H and O–H groups in total. The molecule has 1 saturated heterocycles. The maximum atomic E-state index is 6.83. The molecule has 0 saturated carbocycles. The van der Waals surface area contributed by atoms with Crippen LogP contribution in [0, 0.1) is 5.92 Å². The summed E-state index contributed by atoms with van der Waals surface area (Å²) in [5, 5.41) is 0.240. The van der Waals surface area contributed by atoms with Crippen LogP contribution in [0.2, 0.25) is 36.3 Å². The van der Waals surface area contributed by atoms with Gasteiger partial charge in [0.1, 0.15) is 5.60 Å². The van der Waals surface area contributed by atoms with Gasteiger partial charge in [-0.15, -0.1) is 0 Å². The predicted octanol–water partition coefficient (Wildman–Crippen LogP) is 6.99. The smallest absolute Gasteiger partial charge is 0.192 e. The van der Waals surface area contributed by atoms with Gasteiger partial charge in [-0.3, -0.25) is 0 Å². The van der Waals surface area contributed by atoms with Crippen molar-refractivity contribution in [2.75, 3.05) is 6.61 Å². The Hall–Kier alpha value is 0.314. The first kappa shape index (κ1) is 25.4. The third-order valence-electron chi connectivity index (χ3n) is 7.43. The molecule has 0 aliphatic carbocycles. The summed E-state index contributed by atoms with van der Waals surface area (Å²) < 4.78 is 19.7. The number of rotatable bonds is 12. The molecule has 1 rings (SSSR count). The van der Waals surface area contributed by atoms with E-state index in [0.717, 1.165) is 19.4 Å². The topological polar surface area (TPSA) is 31.0 Å². The van der Waals surface area contributed by atoms with Crippen molar-refractivity contribution in [2.45, 2.75) is 129 Å². The predicted molar refractivity (Wildman–Crippen MR) is 123 cm³/mol. The van der Waals surface area contributed by atoms with Gasteiger partial charge in [-0.2, -0.15) is 0 Å². The molecule has 27 heavy (non-hydrogen) atoms. The van der Waals surface area contributed by atoms with Gasteiger partial charge in [-0.25, -0.2) is 0 Å². The molecule has 1 fully saturated rings. The van der Waals surface area contributed by atoms with E-state index in [9.17, 15) is 0 Å². The van der Waals surface area contributed by atoms with Gasteiger partial charge in [0.15, 0.2) is 16.6 Å². The summed E-state index contributed by atoms with van der Waals surface area (Å²) in [5.74, 6) is 0.411. The van der Waals surface area contributed by atoms with Gasteiger partial charge in [0.25, 0.3) is 0 Å². The molecule has 162 valence electrons. The SMILES string of the molecule is CCC[C@@H](O[Si](C)(C)C(C)(C)C)[C@H](C)[C@@H]1O[C@@]1(C)CO[Si](CC)(CC)CC. The summed E-state index contributed by atoms with van der Waals surface area (Å²) in [7, 11) is -3.34. The van der Waals surface area contributed by atoms with E-state index in [1.54, 1.807) is 0 Å². The molecule has 0 aromatic rings. The second kappa shape index (κ2) is 9.42. The summed E-state index contributed by atoms with van der Waals surface area (Å²) in [6.07, 6.45) is 2.81. The van der Waals surface area contributed by atoms with Crippen LogP contribution in [-0.4, -0.2) is 41.1 Å². The fourth-order valence-electron chi connectivity index (χ4n) is 3.85. The third kappa shape index (κ3) is 6.14. The Morgan fingerprint density at radius 2 is 1.56 bits per heavy atom. The molecular weight excluding hydrogens is 368 g/mol. The quantitative estimate of drug-likeness (QED) is 0.254. The average Bonchev–Trinajstić information content (AvgIpc) is 3.26. The van der Waals surface area contributed by atoms with Crippen molar-refractivity contribution in [3.8, 4) is 0 Å². The first-order chi connectivity index (χ1) is 12.3. The zero-order valence-electron chi connectivity index (χ0n) is 20.2. The molecule has 3 nitrogen and oxygen atoms in total. The Morgan fingerprint density at radius 1 is 1.04 bits per heavy atom. The van der Waals surface area contributed by atoms with E-state index in [0.29, 0.717) is 5.92 Å². The number of epoxide rings is 1. The van der Waals surface area contributed by atoms with Crippen LogP contribution < -0.4 is 0 Å². The first-order valence-electron chi connectivity index (χ1n) is 11.3. The van der Waals surface area contributed by atoms with Crippen LogP contribution in [0.5, 0.6) is 0 Å². The van der Waals surface area contributed by atoms with Crippen molar-refractivity contribution >= 4 is 16.6 Å². The molecule has 1 aliphatic heterocycles. The lowest BCUT2D eigenvalue weighted by Gasteiger charge is -2.41. The van der Waals surface area contributed by atoms with E-state index in [1.165, 1.54) is 18.1 Å². The van der Waals surface area contributed by atoms with Gasteiger partial charge in [0, 0.05) is 5.92 Å². The van der Waals surface area contributed by atoms with E-state index in [2.05, 4.69) is 75.4 Å². The fraction of sp³-hybridized carbons (Fsp3) is 1.00. The Bertz CT molecular complexity index is 449. The third-order valence-corrected chi connectivity index (χ3v) is 16.6. The van der Waals surface area contributed by atoms with Crippen LogP contribution in [-0.2, 0) is 13.6 Å². The zero-order chi connectivity index (χ0) is 21.1. The highest BCUT2D eigenvalue weighted by Gasteiger charge is 2.58.